The molecule has 1 amide bonds. The molecule has 2 heterocycles. The first kappa shape index (κ1) is 23.9. The average Bonchev–Trinajstić information content (AvgIpc) is 3.22. The zero-order chi connectivity index (χ0) is 23.6. The van der Waals surface area contributed by atoms with Gasteiger partial charge in [0.15, 0.2) is 11.5 Å². The number of nitrogens with zero attached hydrogens (tertiary/aromatic N) is 2. The van der Waals surface area contributed by atoms with Gasteiger partial charge in [0, 0.05) is 31.7 Å². The molecule has 0 bridgehead atoms. The molecule has 2 aromatic carbocycles. The highest BCUT2D eigenvalue weighted by molar-refractivity contribution is 9.10. The van der Waals surface area contributed by atoms with Crippen LogP contribution in [0, 0.1) is 0 Å². The van der Waals surface area contributed by atoms with E-state index in [2.05, 4.69) is 27.9 Å². The number of benzene rings is 2. The highest BCUT2D eigenvalue weighted by Crippen LogP contribution is 2.54. The van der Waals surface area contributed by atoms with E-state index in [-0.39, 0.29) is 10.9 Å². The van der Waals surface area contributed by atoms with Gasteiger partial charge < -0.3 is 19.3 Å². The molecule has 0 aliphatic carbocycles. The van der Waals surface area contributed by atoms with Crippen molar-refractivity contribution in [3.63, 3.8) is 0 Å². The van der Waals surface area contributed by atoms with Gasteiger partial charge in [-0.2, -0.15) is 0 Å². The summed E-state index contributed by atoms with van der Waals surface area (Å²) < 4.78 is 13.6. The average molecular weight is 532 g/mol. The molecule has 1 atom stereocenters. The number of fused-ring (bicyclic) bond motifs is 1. The van der Waals surface area contributed by atoms with E-state index in [9.17, 15) is 4.79 Å². The summed E-state index contributed by atoms with van der Waals surface area (Å²) in [5, 5.41) is 0.282. The predicted octanol–water partition coefficient (Wildman–Crippen LogP) is 6.03. The Morgan fingerprint density at radius 2 is 1.82 bits per heavy atom. The summed E-state index contributed by atoms with van der Waals surface area (Å²) in [6.07, 6.45) is 6.51. The molecule has 4 rings (SSSR count). The number of piperazine rings is 1. The van der Waals surface area contributed by atoms with E-state index in [1.807, 2.05) is 67.3 Å². The van der Waals surface area contributed by atoms with Crippen molar-refractivity contribution in [2.45, 2.75) is 26.1 Å². The minimum Gasteiger partial charge on any atom is -0.443 e. The second-order valence-corrected chi connectivity index (χ2v) is 9.74. The van der Waals surface area contributed by atoms with Crippen LogP contribution in [-0.4, -0.2) is 48.9 Å². The number of likely N-dealkylation sites (N-methyl/N-ethyl adjacent to an activating group) is 1. The summed E-state index contributed by atoms with van der Waals surface area (Å²) in [6, 6.07) is 11.6. The number of carbonyl (C=O) groups excluding carboxylic acids is 1. The van der Waals surface area contributed by atoms with E-state index in [4.69, 9.17) is 21.1 Å². The monoisotopic (exact) mass is 530 g/mol. The molecule has 2 aliphatic rings. The first-order valence-corrected chi connectivity index (χ1v) is 12.2. The molecule has 0 N–H and O–H groups in total. The van der Waals surface area contributed by atoms with Crippen LogP contribution < -0.4 is 9.47 Å². The number of hydrogen-bond donors (Lipinski definition) is 0. The number of rotatable bonds is 5. The topological polar surface area (TPSA) is 42.0 Å². The number of carbonyl (C=O) groups is 1. The summed E-state index contributed by atoms with van der Waals surface area (Å²) >= 11 is 10.4. The lowest BCUT2D eigenvalue weighted by Crippen LogP contribution is -2.47. The van der Waals surface area contributed by atoms with Crippen LogP contribution in [0.25, 0.3) is 0 Å². The van der Waals surface area contributed by atoms with Gasteiger partial charge in [-0.1, -0.05) is 65.7 Å². The minimum absolute atomic E-state index is 0.0958. The van der Waals surface area contributed by atoms with E-state index < -0.39 is 5.79 Å². The summed E-state index contributed by atoms with van der Waals surface area (Å²) in [7, 11) is 2.06. The fraction of sp³-hybridized carbons (Fsp3) is 0.346. The van der Waals surface area contributed by atoms with Crippen LogP contribution in [-0.2, 0) is 5.79 Å². The molecule has 33 heavy (non-hydrogen) atoms. The van der Waals surface area contributed by atoms with Crippen molar-refractivity contribution < 1.29 is 14.3 Å². The second kappa shape index (κ2) is 9.92. The Labute approximate surface area is 208 Å². The van der Waals surface area contributed by atoms with Gasteiger partial charge in [0.05, 0.1) is 21.5 Å². The zero-order valence-electron chi connectivity index (χ0n) is 19.1. The van der Waals surface area contributed by atoms with Crippen molar-refractivity contribution in [1.82, 2.24) is 9.80 Å². The summed E-state index contributed by atoms with van der Waals surface area (Å²) in [5.74, 6) is -0.265. The number of amides is 1. The molecule has 0 radical (unpaired) electrons. The standard InChI is InChI=1S/C26H28BrClN2O3/c1-4-5-9-18(2)17-26(19-10-7-6-8-11-19)32-23-21(27)16-20(22(28)24(23)33-26)25(31)30-14-12-29(3)13-15-30/h4-11,16H,12-15,17H2,1-3H3/b5-4-,18-9+. The third kappa shape index (κ3) is 4.84. The van der Waals surface area contributed by atoms with Crippen LogP contribution in [0.3, 0.4) is 0 Å². The predicted molar refractivity (Wildman–Crippen MR) is 135 cm³/mol. The lowest BCUT2D eigenvalue weighted by Gasteiger charge is -2.32. The van der Waals surface area contributed by atoms with Crippen molar-refractivity contribution >= 4 is 33.4 Å². The van der Waals surface area contributed by atoms with Crippen LogP contribution >= 0.6 is 27.5 Å². The van der Waals surface area contributed by atoms with Crippen LogP contribution in [0.15, 0.2) is 64.7 Å². The van der Waals surface area contributed by atoms with E-state index >= 15 is 0 Å². The first-order valence-electron chi connectivity index (χ1n) is 11.1. The largest absolute Gasteiger partial charge is 0.443 e. The van der Waals surface area contributed by atoms with E-state index in [0.29, 0.717) is 41.0 Å². The lowest BCUT2D eigenvalue weighted by atomic mass is 9.98. The van der Waals surface area contributed by atoms with Gasteiger partial charge in [-0.05, 0) is 42.9 Å². The highest BCUT2D eigenvalue weighted by atomic mass is 79.9. The minimum atomic E-state index is -1.08. The molecule has 1 fully saturated rings. The molecule has 174 valence electrons. The SMILES string of the molecule is C/C=C\C=C(/C)CC1(c2ccccc2)Oc2c(Br)cc(C(=O)N3CCN(C)CC3)c(Cl)c2O1. The van der Waals surface area contributed by atoms with Crippen LogP contribution in [0.1, 0.15) is 36.2 Å². The van der Waals surface area contributed by atoms with Gasteiger partial charge in [-0.3, -0.25) is 4.79 Å². The molecule has 2 aromatic rings. The lowest BCUT2D eigenvalue weighted by molar-refractivity contribution is -0.0856. The number of allylic oxidation sites excluding steroid dienone is 3. The smallest absolute Gasteiger partial charge is 0.282 e. The van der Waals surface area contributed by atoms with Gasteiger partial charge >= 0.3 is 0 Å². The van der Waals surface area contributed by atoms with Gasteiger partial charge in [0.1, 0.15) is 0 Å². The molecular formula is C26H28BrClN2O3. The van der Waals surface area contributed by atoms with Gasteiger partial charge in [-0.25, -0.2) is 0 Å². The van der Waals surface area contributed by atoms with E-state index in [1.54, 1.807) is 6.07 Å². The number of hydrogen-bond acceptors (Lipinski definition) is 4. The molecule has 1 saturated heterocycles. The van der Waals surface area contributed by atoms with Crippen LogP contribution in [0.2, 0.25) is 5.02 Å². The zero-order valence-corrected chi connectivity index (χ0v) is 21.4. The van der Waals surface area contributed by atoms with Gasteiger partial charge in [0.2, 0.25) is 0 Å². The molecule has 0 aromatic heterocycles. The van der Waals surface area contributed by atoms with Crippen LogP contribution in [0.4, 0.5) is 0 Å². The Morgan fingerprint density at radius 1 is 1.15 bits per heavy atom. The first-order chi connectivity index (χ1) is 15.8. The molecule has 0 spiro atoms. The summed E-state index contributed by atoms with van der Waals surface area (Å²) in [5.41, 5.74) is 2.38. The van der Waals surface area contributed by atoms with Gasteiger partial charge in [-0.15, -0.1) is 0 Å². The fourth-order valence-electron chi connectivity index (χ4n) is 4.13. The third-order valence-corrected chi connectivity index (χ3v) is 6.95. The second-order valence-electron chi connectivity index (χ2n) is 8.51. The quantitative estimate of drug-likeness (QED) is 0.442. The fourth-order valence-corrected chi connectivity index (χ4v) is 4.88. The summed E-state index contributed by atoms with van der Waals surface area (Å²) in [4.78, 5) is 17.3. The Balaban J connectivity index is 1.72. The van der Waals surface area contributed by atoms with Crippen molar-refractivity contribution in [2.75, 3.05) is 33.2 Å². The molecule has 1 unspecified atom stereocenters. The third-order valence-electron chi connectivity index (χ3n) is 5.98. The van der Waals surface area contributed by atoms with Crippen molar-refractivity contribution in [1.29, 1.82) is 0 Å². The van der Waals surface area contributed by atoms with Crippen molar-refractivity contribution in [3.05, 3.63) is 80.8 Å². The summed E-state index contributed by atoms with van der Waals surface area (Å²) in [6.45, 7) is 7.03. The maximum atomic E-state index is 13.3. The molecule has 0 saturated carbocycles. The Morgan fingerprint density at radius 3 is 2.48 bits per heavy atom. The Kier molecular flexibility index (Phi) is 7.17. The number of ether oxygens (including phenoxy) is 2. The highest BCUT2D eigenvalue weighted by Gasteiger charge is 2.46. The van der Waals surface area contributed by atoms with Crippen LogP contribution in [0.5, 0.6) is 11.5 Å². The number of halogens is 2. The van der Waals surface area contributed by atoms with E-state index in [0.717, 1.165) is 24.2 Å². The molecule has 7 heteroatoms. The molecular weight excluding hydrogens is 504 g/mol. The van der Waals surface area contributed by atoms with Crippen molar-refractivity contribution in [2.24, 2.45) is 0 Å². The maximum absolute atomic E-state index is 13.3. The molecule has 2 aliphatic heterocycles. The van der Waals surface area contributed by atoms with E-state index in [1.165, 1.54) is 0 Å². The van der Waals surface area contributed by atoms with Gasteiger partial charge in [0.25, 0.3) is 11.7 Å². The Bertz CT molecular complexity index is 1090. The Hall–Kier alpha value is -2.28. The van der Waals surface area contributed by atoms with Crippen molar-refractivity contribution in [3.8, 4) is 11.5 Å². The molecule has 5 nitrogen and oxygen atoms in total. The maximum Gasteiger partial charge on any atom is 0.282 e. The normalized spacial score (nSPS) is 21.1.